The number of aliphatic hydroxyl groups is 1. The number of hydrogen-bond acceptors (Lipinski definition) is 1. The van der Waals surface area contributed by atoms with Crippen molar-refractivity contribution in [2.75, 3.05) is 6.61 Å². The highest BCUT2D eigenvalue weighted by Gasteiger charge is 1.90. The number of aliphatic hydroxyl groups excluding tert-OH is 1. The summed E-state index contributed by atoms with van der Waals surface area (Å²) in [5.41, 5.74) is 0. The van der Waals surface area contributed by atoms with Gasteiger partial charge in [0.2, 0.25) is 0 Å². The molecule has 0 aromatic rings. The average molecular weight is 266 g/mol. The largest absolute Gasteiger partial charge is 0.392 e. The minimum absolute atomic E-state index is 0.187. The van der Waals surface area contributed by atoms with Crippen molar-refractivity contribution in [3.05, 3.63) is 24.3 Å². The van der Waals surface area contributed by atoms with Crippen LogP contribution < -0.4 is 0 Å². The van der Waals surface area contributed by atoms with Crippen LogP contribution in [0.2, 0.25) is 0 Å². The quantitative estimate of drug-likeness (QED) is 0.311. The molecule has 0 amide bonds. The van der Waals surface area contributed by atoms with E-state index in [0.29, 0.717) is 0 Å². The molecule has 0 rings (SSSR count). The van der Waals surface area contributed by atoms with E-state index in [9.17, 15) is 0 Å². The van der Waals surface area contributed by atoms with Crippen LogP contribution in [0, 0.1) is 0 Å². The van der Waals surface area contributed by atoms with E-state index in [1.165, 1.54) is 70.6 Å². The SMILES string of the molecule is CCCC/C=C\CCCCCCCCC/C=C\CO. The Labute approximate surface area is 120 Å². The maximum absolute atomic E-state index is 8.58. The van der Waals surface area contributed by atoms with E-state index in [1.54, 1.807) is 0 Å². The van der Waals surface area contributed by atoms with E-state index < -0.39 is 0 Å². The van der Waals surface area contributed by atoms with Crippen LogP contribution in [0.1, 0.15) is 84.0 Å². The number of allylic oxidation sites excluding steroid dienone is 3. The van der Waals surface area contributed by atoms with Crippen molar-refractivity contribution < 1.29 is 5.11 Å². The zero-order valence-electron chi connectivity index (χ0n) is 12.9. The van der Waals surface area contributed by atoms with Gasteiger partial charge < -0.3 is 5.11 Å². The van der Waals surface area contributed by atoms with Crippen LogP contribution >= 0.6 is 0 Å². The van der Waals surface area contributed by atoms with Gasteiger partial charge in [-0.25, -0.2) is 0 Å². The molecule has 112 valence electrons. The molecule has 0 heterocycles. The molecule has 0 spiro atoms. The highest BCUT2D eigenvalue weighted by Crippen LogP contribution is 2.10. The fourth-order valence-electron chi connectivity index (χ4n) is 2.16. The van der Waals surface area contributed by atoms with Crippen LogP contribution in [-0.2, 0) is 0 Å². The van der Waals surface area contributed by atoms with Gasteiger partial charge in [-0.05, 0) is 32.1 Å². The van der Waals surface area contributed by atoms with E-state index in [4.69, 9.17) is 5.11 Å². The fraction of sp³-hybridized carbons (Fsp3) is 0.778. The first-order valence-corrected chi connectivity index (χ1v) is 8.32. The molecule has 0 aromatic carbocycles. The van der Waals surface area contributed by atoms with Crippen molar-refractivity contribution in [2.45, 2.75) is 84.0 Å². The summed E-state index contributed by atoms with van der Waals surface area (Å²) >= 11 is 0. The molecule has 0 fully saturated rings. The Balaban J connectivity index is 3.02. The molecule has 1 N–H and O–H groups in total. The molecule has 0 saturated heterocycles. The van der Waals surface area contributed by atoms with E-state index in [-0.39, 0.29) is 6.61 Å². The van der Waals surface area contributed by atoms with Crippen molar-refractivity contribution in [3.8, 4) is 0 Å². The molecule has 0 aliphatic carbocycles. The highest BCUT2D eigenvalue weighted by atomic mass is 16.2. The lowest BCUT2D eigenvalue weighted by Crippen LogP contribution is -1.80. The van der Waals surface area contributed by atoms with Gasteiger partial charge >= 0.3 is 0 Å². The number of rotatable bonds is 14. The second-order valence-corrected chi connectivity index (χ2v) is 5.32. The van der Waals surface area contributed by atoms with Crippen LogP contribution in [0.15, 0.2) is 24.3 Å². The predicted molar refractivity (Wildman–Crippen MR) is 86.4 cm³/mol. The molecule has 0 atom stereocenters. The lowest BCUT2D eigenvalue weighted by molar-refractivity contribution is 0.342. The molecule has 19 heavy (non-hydrogen) atoms. The molecule has 0 aromatic heterocycles. The molecule has 0 bridgehead atoms. The van der Waals surface area contributed by atoms with E-state index >= 15 is 0 Å². The zero-order valence-corrected chi connectivity index (χ0v) is 12.9. The summed E-state index contributed by atoms with van der Waals surface area (Å²) in [6, 6.07) is 0. The van der Waals surface area contributed by atoms with Crippen LogP contribution in [0.5, 0.6) is 0 Å². The monoisotopic (exact) mass is 266 g/mol. The third-order valence-corrected chi connectivity index (χ3v) is 3.40. The van der Waals surface area contributed by atoms with E-state index in [0.717, 1.165) is 6.42 Å². The fourth-order valence-corrected chi connectivity index (χ4v) is 2.16. The second-order valence-electron chi connectivity index (χ2n) is 5.32. The molecule has 1 nitrogen and oxygen atoms in total. The number of hydrogen-bond donors (Lipinski definition) is 1. The second kappa shape index (κ2) is 17.4. The Morgan fingerprint density at radius 3 is 1.47 bits per heavy atom. The van der Waals surface area contributed by atoms with Gasteiger partial charge in [-0.2, -0.15) is 0 Å². The molecule has 0 aliphatic rings. The van der Waals surface area contributed by atoms with Crippen molar-refractivity contribution in [3.63, 3.8) is 0 Å². The van der Waals surface area contributed by atoms with Gasteiger partial charge in [0, 0.05) is 0 Å². The third kappa shape index (κ3) is 17.4. The Morgan fingerprint density at radius 1 is 0.579 bits per heavy atom. The first-order valence-electron chi connectivity index (χ1n) is 8.32. The predicted octanol–water partition coefficient (Wildman–Crippen LogP) is 5.79. The molecule has 0 unspecified atom stereocenters. The summed E-state index contributed by atoms with van der Waals surface area (Å²) in [6.07, 6.45) is 24.5. The van der Waals surface area contributed by atoms with Crippen molar-refractivity contribution in [1.29, 1.82) is 0 Å². The van der Waals surface area contributed by atoms with Crippen LogP contribution in [-0.4, -0.2) is 11.7 Å². The van der Waals surface area contributed by atoms with Crippen molar-refractivity contribution in [2.24, 2.45) is 0 Å². The normalized spacial score (nSPS) is 11.9. The summed E-state index contributed by atoms with van der Waals surface area (Å²) in [5.74, 6) is 0. The lowest BCUT2D eigenvalue weighted by Gasteiger charge is -2.00. The van der Waals surface area contributed by atoms with Crippen LogP contribution in [0.3, 0.4) is 0 Å². The lowest BCUT2D eigenvalue weighted by atomic mass is 10.1. The molecule has 1 heteroatoms. The van der Waals surface area contributed by atoms with Crippen LogP contribution in [0.4, 0.5) is 0 Å². The summed E-state index contributed by atoms with van der Waals surface area (Å²) in [5, 5.41) is 8.58. The van der Waals surface area contributed by atoms with E-state index in [2.05, 4.69) is 25.2 Å². The van der Waals surface area contributed by atoms with E-state index in [1.807, 2.05) is 6.08 Å². The van der Waals surface area contributed by atoms with Crippen LogP contribution in [0.25, 0.3) is 0 Å². The van der Waals surface area contributed by atoms with Gasteiger partial charge in [0.15, 0.2) is 0 Å². The Kier molecular flexibility index (Phi) is 16.9. The first-order chi connectivity index (χ1) is 9.41. The maximum Gasteiger partial charge on any atom is 0.0612 e. The topological polar surface area (TPSA) is 20.2 Å². The van der Waals surface area contributed by atoms with Gasteiger partial charge in [-0.1, -0.05) is 76.2 Å². The van der Waals surface area contributed by atoms with Crippen molar-refractivity contribution in [1.82, 2.24) is 0 Å². The van der Waals surface area contributed by atoms with Gasteiger partial charge in [-0.15, -0.1) is 0 Å². The number of unbranched alkanes of at least 4 members (excludes halogenated alkanes) is 10. The summed E-state index contributed by atoms with van der Waals surface area (Å²) in [4.78, 5) is 0. The summed E-state index contributed by atoms with van der Waals surface area (Å²) in [6.45, 7) is 2.43. The van der Waals surface area contributed by atoms with Gasteiger partial charge in [0.1, 0.15) is 0 Å². The van der Waals surface area contributed by atoms with Gasteiger partial charge in [0.25, 0.3) is 0 Å². The Bertz CT molecular complexity index is 206. The minimum atomic E-state index is 0.187. The minimum Gasteiger partial charge on any atom is -0.392 e. The zero-order chi connectivity index (χ0) is 14.0. The molecular formula is C18H34O. The summed E-state index contributed by atoms with van der Waals surface area (Å²) in [7, 11) is 0. The smallest absolute Gasteiger partial charge is 0.0612 e. The van der Waals surface area contributed by atoms with Crippen molar-refractivity contribution >= 4 is 0 Å². The van der Waals surface area contributed by atoms with Gasteiger partial charge in [-0.3, -0.25) is 0 Å². The molecule has 0 saturated carbocycles. The first kappa shape index (κ1) is 18.4. The molecule has 0 aliphatic heterocycles. The summed E-state index contributed by atoms with van der Waals surface area (Å²) < 4.78 is 0. The molecular weight excluding hydrogens is 232 g/mol. The Hall–Kier alpha value is -0.560. The maximum atomic E-state index is 8.58. The average Bonchev–Trinajstić information content (AvgIpc) is 2.43. The van der Waals surface area contributed by atoms with Gasteiger partial charge in [0.05, 0.1) is 6.61 Å². The standard InChI is InChI=1S/C18H34O/c1-2-3-4-5-6-7-8-9-10-11-12-13-14-15-16-17-18-19/h5-6,16-17,19H,2-4,7-15,18H2,1H3/b6-5-,17-16-. The molecule has 0 radical (unpaired) electrons. The highest BCUT2D eigenvalue weighted by molar-refractivity contribution is 4.81. The third-order valence-electron chi connectivity index (χ3n) is 3.40. The Morgan fingerprint density at radius 2 is 1.00 bits per heavy atom.